The van der Waals surface area contributed by atoms with Crippen LogP contribution in [0.4, 0.5) is 17.6 Å². The van der Waals surface area contributed by atoms with Crippen molar-refractivity contribution < 1.29 is 44.0 Å². The molecule has 1 amide bonds. The Bertz CT molecular complexity index is 1870. The quantitative estimate of drug-likeness (QED) is 0.208. The molecule has 1 saturated heterocycles. The van der Waals surface area contributed by atoms with Crippen molar-refractivity contribution in [2.45, 2.75) is 74.5 Å². The lowest BCUT2D eigenvalue weighted by Crippen LogP contribution is -2.54. The van der Waals surface area contributed by atoms with E-state index in [9.17, 15) is 44.0 Å². The van der Waals surface area contributed by atoms with E-state index in [-0.39, 0.29) is 36.5 Å². The van der Waals surface area contributed by atoms with Crippen LogP contribution in [0.15, 0.2) is 78.0 Å². The predicted molar refractivity (Wildman–Crippen MR) is 183 cm³/mol. The summed E-state index contributed by atoms with van der Waals surface area (Å²) in [6.07, 6.45) is -2.58. The van der Waals surface area contributed by atoms with Gasteiger partial charge in [0, 0.05) is 25.7 Å². The molecule has 1 fully saturated rings. The van der Waals surface area contributed by atoms with E-state index in [0.29, 0.717) is 17.5 Å². The number of hydrogen-bond donors (Lipinski definition) is 3. The second kappa shape index (κ2) is 16.3. The molecule has 11 nitrogen and oxygen atoms in total. The van der Waals surface area contributed by atoms with Gasteiger partial charge in [-0.2, -0.15) is 17.5 Å². The maximum Gasteiger partial charge on any atom is 0.407 e. The first-order valence-electron chi connectivity index (χ1n) is 16.1. The van der Waals surface area contributed by atoms with Crippen LogP contribution in [0, 0.1) is 0 Å². The summed E-state index contributed by atoms with van der Waals surface area (Å²) in [6.45, 7) is 1.82. The van der Waals surface area contributed by atoms with Crippen LogP contribution in [0.1, 0.15) is 50.3 Å². The van der Waals surface area contributed by atoms with E-state index in [0.717, 1.165) is 30.0 Å². The summed E-state index contributed by atoms with van der Waals surface area (Å²) < 4.78 is 111. The Balaban J connectivity index is 1.48. The molecular weight excluding hydrogens is 715 g/mol. The number of alkyl halides is 4. The predicted octanol–water partition coefficient (Wildman–Crippen LogP) is 4.08. The molecule has 0 bridgehead atoms. The molecular formula is C34H41F4N5O6S2. The molecule has 3 N–H and O–H groups in total. The van der Waals surface area contributed by atoms with Crippen molar-refractivity contribution in [1.82, 2.24) is 24.6 Å². The number of hydrogen-bond acceptors (Lipinski definition) is 8. The van der Waals surface area contributed by atoms with E-state index < -0.39 is 74.7 Å². The van der Waals surface area contributed by atoms with Crippen molar-refractivity contribution >= 4 is 31.7 Å². The first-order valence-corrected chi connectivity index (χ1v) is 19.5. The van der Waals surface area contributed by atoms with Gasteiger partial charge in [0.05, 0.1) is 24.9 Å². The molecule has 51 heavy (non-hydrogen) atoms. The van der Waals surface area contributed by atoms with Gasteiger partial charge in [0.15, 0.2) is 10.8 Å². The minimum atomic E-state index is -4.90. The van der Waals surface area contributed by atoms with E-state index in [1.807, 2.05) is 0 Å². The summed E-state index contributed by atoms with van der Waals surface area (Å²) in [5.74, 6) is -1.70. The zero-order valence-corrected chi connectivity index (χ0v) is 29.9. The van der Waals surface area contributed by atoms with Crippen LogP contribution in [0.5, 0.6) is 0 Å². The third kappa shape index (κ3) is 11.6. The molecule has 1 unspecified atom stereocenters. The van der Waals surface area contributed by atoms with Gasteiger partial charge in [0.25, 0.3) is 10.0 Å². The van der Waals surface area contributed by atoms with Crippen LogP contribution in [0.3, 0.4) is 0 Å². The Hall–Kier alpha value is -3.77. The summed E-state index contributed by atoms with van der Waals surface area (Å²) in [7, 11) is -7.45. The molecule has 1 aliphatic rings. The van der Waals surface area contributed by atoms with Gasteiger partial charge < -0.3 is 5.32 Å². The van der Waals surface area contributed by atoms with Gasteiger partial charge in [0.2, 0.25) is 15.9 Å². The third-order valence-electron chi connectivity index (χ3n) is 8.19. The third-order valence-corrected chi connectivity index (χ3v) is 10.7. The van der Waals surface area contributed by atoms with E-state index >= 15 is 0 Å². The van der Waals surface area contributed by atoms with Crippen molar-refractivity contribution in [2.75, 3.05) is 25.9 Å². The Morgan fingerprint density at radius 2 is 1.59 bits per heavy atom. The fraction of sp³-hybridized carbons (Fsp3) is 0.441. The van der Waals surface area contributed by atoms with Gasteiger partial charge in [-0.15, -0.1) is 0 Å². The van der Waals surface area contributed by atoms with Crippen molar-refractivity contribution in [3.63, 3.8) is 0 Å². The number of rotatable bonds is 14. The van der Waals surface area contributed by atoms with Gasteiger partial charge in [-0.3, -0.25) is 14.9 Å². The van der Waals surface area contributed by atoms with Crippen LogP contribution >= 0.6 is 0 Å². The van der Waals surface area contributed by atoms with Gasteiger partial charge in [-0.1, -0.05) is 54.6 Å². The zero-order valence-electron chi connectivity index (χ0n) is 28.3. The number of carbonyl (C=O) groups is 2. The fourth-order valence-electron chi connectivity index (χ4n) is 5.66. The lowest BCUT2D eigenvalue weighted by Gasteiger charge is -2.31. The van der Waals surface area contributed by atoms with E-state index in [1.165, 1.54) is 48.7 Å². The highest BCUT2D eigenvalue weighted by atomic mass is 32.2. The first kappa shape index (κ1) is 40.0. The fourth-order valence-corrected chi connectivity index (χ4v) is 7.51. The van der Waals surface area contributed by atoms with Crippen molar-refractivity contribution in [3.8, 4) is 11.1 Å². The molecule has 278 valence electrons. The van der Waals surface area contributed by atoms with Crippen LogP contribution in [-0.2, 0) is 36.1 Å². The normalized spacial score (nSPS) is 17.8. The van der Waals surface area contributed by atoms with Gasteiger partial charge in [-0.25, -0.2) is 30.9 Å². The van der Waals surface area contributed by atoms with Crippen molar-refractivity contribution in [1.29, 1.82) is 0 Å². The number of aromatic nitrogens is 1. The highest BCUT2D eigenvalue weighted by Gasteiger charge is 2.44. The number of amides is 1. The molecule has 3 atom stereocenters. The molecule has 1 aromatic heterocycles. The van der Waals surface area contributed by atoms with Gasteiger partial charge in [-0.05, 0) is 67.5 Å². The summed E-state index contributed by atoms with van der Waals surface area (Å²) in [5.41, 5.74) is -0.154. The number of ketones is 1. The zero-order chi connectivity index (χ0) is 37.6. The number of Topliss-reactive ketones (excluding diaryl/α,β-unsaturated/α-hetero) is 1. The molecule has 17 heteroatoms. The SMILES string of the molecule is CC(C)(F)C[C@H](N[C@@H](c1ccc(-c2ccc(CCNS(C)(=O)=O)cc2)cc1)C(F)(F)F)C(=O)NC1CCCN(S(=O)(=O)c2ccccn2)CC1=O. The van der Waals surface area contributed by atoms with Crippen molar-refractivity contribution in [2.24, 2.45) is 0 Å². The van der Waals surface area contributed by atoms with Crippen LogP contribution in [0.25, 0.3) is 11.1 Å². The average Bonchev–Trinajstić information content (AvgIpc) is 3.23. The Morgan fingerprint density at radius 3 is 2.14 bits per heavy atom. The Kier molecular flexibility index (Phi) is 12.8. The molecule has 2 heterocycles. The molecule has 0 spiro atoms. The number of sulfonamides is 2. The molecule has 1 aliphatic heterocycles. The maximum atomic E-state index is 14.9. The average molecular weight is 756 g/mol. The number of halogens is 4. The molecule has 0 aliphatic carbocycles. The summed E-state index contributed by atoms with van der Waals surface area (Å²) in [5, 5.41) is 4.48. The minimum absolute atomic E-state index is 0.0211. The lowest BCUT2D eigenvalue weighted by molar-refractivity contribution is -0.161. The standard InChI is InChI=1S/C34H41F4N5O6S2/c1-33(2,35)21-28(32(45)42-27-7-6-20-43(22-29(27)44)51(48,49)30-8-4-5-18-39-30)41-31(34(36,37)38)26-15-13-25(14-16-26)24-11-9-23(10-12-24)17-19-40-50(3,46)47/h4-5,8-16,18,27-28,31,40-41H,6-7,17,19-22H2,1-3H3,(H,42,45)/t27?,28-,31-/m0/s1. The Morgan fingerprint density at radius 1 is 0.961 bits per heavy atom. The smallest absolute Gasteiger partial charge is 0.345 e. The number of nitrogens with zero attached hydrogens (tertiary/aromatic N) is 2. The highest BCUT2D eigenvalue weighted by molar-refractivity contribution is 7.89. The van der Waals surface area contributed by atoms with Gasteiger partial charge >= 0.3 is 6.18 Å². The summed E-state index contributed by atoms with van der Waals surface area (Å²) in [6, 6.07) is 11.6. The lowest BCUT2D eigenvalue weighted by atomic mass is 9.95. The number of benzene rings is 2. The summed E-state index contributed by atoms with van der Waals surface area (Å²) in [4.78, 5) is 30.5. The number of pyridine rings is 1. The van der Waals surface area contributed by atoms with E-state index in [1.54, 1.807) is 24.3 Å². The number of carbonyl (C=O) groups excluding carboxylic acids is 2. The van der Waals surface area contributed by atoms with Crippen LogP contribution < -0.4 is 15.4 Å². The number of nitrogens with one attached hydrogen (secondary N) is 3. The van der Waals surface area contributed by atoms with E-state index in [4.69, 9.17) is 0 Å². The molecule has 4 rings (SSSR count). The van der Waals surface area contributed by atoms with Crippen molar-refractivity contribution in [3.05, 3.63) is 84.1 Å². The largest absolute Gasteiger partial charge is 0.407 e. The molecule has 0 radical (unpaired) electrons. The molecule has 0 saturated carbocycles. The van der Waals surface area contributed by atoms with Crippen LogP contribution in [0.2, 0.25) is 0 Å². The maximum absolute atomic E-state index is 14.9. The molecule has 2 aromatic carbocycles. The second-order valence-electron chi connectivity index (χ2n) is 13.0. The second-order valence-corrected chi connectivity index (χ2v) is 16.7. The monoisotopic (exact) mass is 755 g/mol. The van der Waals surface area contributed by atoms with Crippen LogP contribution in [-0.4, -0.2) is 87.6 Å². The highest BCUT2D eigenvalue weighted by Crippen LogP contribution is 2.35. The Labute approximate surface area is 295 Å². The first-order chi connectivity index (χ1) is 23.7. The topological polar surface area (TPSA) is 155 Å². The van der Waals surface area contributed by atoms with E-state index in [2.05, 4.69) is 20.3 Å². The summed E-state index contributed by atoms with van der Waals surface area (Å²) >= 11 is 0. The van der Waals surface area contributed by atoms with Gasteiger partial charge in [0.1, 0.15) is 11.7 Å². The minimum Gasteiger partial charge on any atom is -0.345 e. The molecule has 3 aromatic rings.